The number of aliphatic carboxylic acids is 2. The van der Waals surface area contributed by atoms with Gasteiger partial charge in [-0.2, -0.15) is 5.26 Å². The van der Waals surface area contributed by atoms with Crippen LogP contribution in [0.25, 0.3) is 28.1 Å². The van der Waals surface area contributed by atoms with Crippen LogP contribution in [0.3, 0.4) is 0 Å². The van der Waals surface area contributed by atoms with Crippen LogP contribution in [-0.4, -0.2) is 22.2 Å². The molecule has 0 spiro atoms. The second-order valence-electron chi connectivity index (χ2n) is 20.1. The third-order valence-corrected chi connectivity index (χ3v) is 14.2. The van der Waals surface area contributed by atoms with E-state index in [1.54, 1.807) is 6.07 Å². The van der Waals surface area contributed by atoms with Gasteiger partial charge in [-0.25, -0.2) is 9.64 Å². The van der Waals surface area contributed by atoms with E-state index in [9.17, 15) is 25.1 Å². The normalized spacial score (nSPS) is 11.5. The van der Waals surface area contributed by atoms with Crippen molar-refractivity contribution in [2.75, 3.05) is 9.80 Å². The van der Waals surface area contributed by atoms with Gasteiger partial charge in [-0.3, -0.25) is 4.79 Å². The van der Waals surface area contributed by atoms with Gasteiger partial charge < -0.3 is 20.0 Å². The van der Waals surface area contributed by atoms with Gasteiger partial charge in [-0.1, -0.05) is 202 Å². The molecule has 0 aliphatic carbocycles. The number of unbranched alkanes of at least 4 members (excludes halogenated alkanes) is 18. The Morgan fingerprint density at radius 1 is 0.434 bits per heavy atom. The number of carboxylic acid groups (broad SMARTS) is 2. The highest BCUT2D eigenvalue weighted by Gasteiger charge is 2.17. The molecule has 0 heterocycles. The summed E-state index contributed by atoms with van der Waals surface area (Å²) in [4.78, 5) is 30.8. The summed E-state index contributed by atoms with van der Waals surface area (Å²) in [5.41, 5.74) is 11.1. The minimum absolute atomic E-state index is 0.319. The average Bonchev–Trinajstić information content (AvgIpc) is 3.46. The lowest BCUT2D eigenvalue weighted by Crippen LogP contribution is -2.10. The Bertz CT molecular complexity index is 2640. The molecule has 2 N–H and O–H groups in total. The topological polar surface area (TPSA) is 109 Å². The summed E-state index contributed by atoms with van der Waals surface area (Å²) in [7, 11) is 0. The molecule has 0 fully saturated rings. The fourth-order valence-electron chi connectivity index (χ4n) is 9.80. The highest BCUT2D eigenvalue weighted by Crippen LogP contribution is 2.39. The van der Waals surface area contributed by atoms with E-state index in [0.717, 1.165) is 58.1 Å². The molecule has 0 saturated carbocycles. The van der Waals surface area contributed by atoms with Crippen molar-refractivity contribution < 1.29 is 19.8 Å². The van der Waals surface area contributed by atoms with Crippen LogP contribution < -0.4 is 9.80 Å². The van der Waals surface area contributed by atoms with Crippen molar-refractivity contribution in [1.29, 1.82) is 5.26 Å². The number of hydrogen-bond acceptors (Lipinski definition) is 5. The minimum Gasteiger partial charge on any atom is -0.486 e. The molecule has 394 valence electrons. The van der Waals surface area contributed by atoms with Crippen molar-refractivity contribution >= 4 is 58.2 Å². The van der Waals surface area contributed by atoms with Crippen LogP contribution in [0.4, 0.5) is 34.1 Å². The second kappa shape index (κ2) is 31.9. The molecular formula is C68H78N4O4. The first kappa shape index (κ1) is 57.6. The number of carbonyl (C=O) groups is 2. The Hall–Kier alpha value is -7.68. The van der Waals surface area contributed by atoms with E-state index in [0.29, 0.717) is 11.1 Å². The third kappa shape index (κ3) is 18.3. The summed E-state index contributed by atoms with van der Waals surface area (Å²) in [6, 6.07) is 51.6. The first-order valence-corrected chi connectivity index (χ1v) is 28.1. The Morgan fingerprint density at radius 3 is 1.01 bits per heavy atom. The lowest BCUT2D eigenvalue weighted by atomic mass is 10.0. The molecular weight excluding hydrogens is 937 g/mol. The van der Waals surface area contributed by atoms with Crippen molar-refractivity contribution in [3.8, 4) is 17.2 Å². The fourth-order valence-corrected chi connectivity index (χ4v) is 9.80. The smallest absolute Gasteiger partial charge is 0.346 e. The molecule has 0 radical (unpaired) electrons. The molecule has 0 saturated heterocycles. The van der Waals surface area contributed by atoms with Gasteiger partial charge >= 0.3 is 11.9 Å². The number of benzene rings is 6. The van der Waals surface area contributed by atoms with E-state index in [1.807, 2.05) is 48.5 Å². The zero-order chi connectivity index (χ0) is 53.7. The first-order valence-electron chi connectivity index (χ1n) is 28.1. The monoisotopic (exact) mass is 1010 g/mol. The predicted molar refractivity (Wildman–Crippen MR) is 316 cm³/mol. The average molecular weight is 1020 g/mol. The van der Waals surface area contributed by atoms with E-state index in [1.165, 1.54) is 152 Å². The van der Waals surface area contributed by atoms with Crippen LogP contribution in [0.15, 0.2) is 157 Å². The Labute approximate surface area is 453 Å². The van der Waals surface area contributed by atoms with Gasteiger partial charge in [0.1, 0.15) is 11.6 Å². The van der Waals surface area contributed by atoms with Crippen LogP contribution in [0, 0.1) is 17.9 Å². The maximum atomic E-state index is 11.6. The number of aryl methyl sites for hydroxylation is 2. The van der Waals surface area contributed by atoms with Crippen molar-refractivity contribution in [3.63, 3.8) is 0 Å². The summed E-state index contributed by atoms with van der Waals surface area (Å²) in [6.07, 6.45) is 31.1. The zero-order valence-electron chi connectivity index (χ0n) is 45.1. The number of carboxylic acids is 2. The predicted octanol–water partition coefficient (Wildman–Crippen LogP) is 19.6. The molecule has 0 aromatic heterocycles. The molecule has 76 heavy (non-hydrogen) atoms. The number of anilines is 6. The van der Waals surface area contributed by atoms with Gasteiger partial charge in [0.25, 0.3) is 5.70 Å². The second-order valence-corrected chi connectivity index (χ2v) is 20.1. The quantitative estimate of drug-likeness (QED) is 0.0183. The van der Waals surface area contributed by atoms with Gasteiger partial charge in [-0.15, -0.1) is 0 Å². The van der Waals surface area contributed by atoms with Crippen LogP contribution >= 0.6 is 0 Å². The zero-order valence-corrected chi connectivity index (χ0v) is 45.1. The van der Waals surface area contributed by atoms with Crippen molar-refractivity contribution in [2.24, 2.45) is 0 Å². The maximum absolute atomic E-state index is 11.6. The number of nitriles is 1. The first-order chi connectivity index (χ1) is 37.2. The largest absolute Gasteiger partial charge is 0.486 e. The van der Waals surface area contributed by atoms with Crippen LogP contribution in [0.5, 0.6) is 0 Å². The molecule has 0 amide bonds. The summed E-state index contributed by atoms with van der Waals surface area (Å²) >= 11 is 0. The van der Waals surface area contributed by atoms with Crippen molar-refractivity contribution in [3.05, 3.63) is 191 Å². The third-order valence-electron chi connectivity index (χ3n) is 14.2. The van der Waals surface area contributed by atoms with Gasteiger partial charge in [0, 0.05) is 34.1 Å². The molecule has 8 nitrogen and oxygen atoms in total. The summed E-state index contributed by atoms with van der Waals surface area (Å²) in [5.74, 6) is -2.50. The summed E-state index contributed by atoms with van der Waals surface area (Å²) < 4.78 is 0. The fraction of sp³-hybridized carbons (Fsp3) is 0.353. The molecule has 0 aliphatic rings. The number of rotatable bonds is 33. The van der Waals surface area contributed by atoms with Crippen molar-refractivity contribution in [1.82, 2.24) is 0 Å². The van der Waals surface area contributed by atoms with Gasteiger partial charge in [-0.05, 0) is 144 Å². The van der Waals surface area contributed by atoms with Crippen LogP contribution in [0.1, 0.15) is 165 Å². The molecule has 0 atom stereocenters. The summed E-state index contributed by atoms with van der Waals surface area (Å²) in [6.45, 7) is 11.8. The van der Waals surface area contributed by atoms with Crippen LogP contribution in [-0.2, 0) is 22.4 Å². The standard InChI is InChI=1S/C68H78N4O4/c1-4-6-8-10-12-14-16-18-20-22-24-53-26-38-60(39-27-53)71(62-42-30-55(31-43-62)50-59(52-69)67(73)74)64-46-34-57(35-47-64)58-36-48-65(49-37-58)72(63-44-32-56(33-45-63)51-66(70-3)68(75)76)61-40-28-54(29-41-61)25-23-21-19-17-15-13-11-9-7-5-2/h26-51H,4-25H2,1-2H3,(H,73,74)(H,75,76)/b59-50+,66-51+. The SMILES string of the molecule is [C-]#[N+]/C(=C/c1ccc(N(c2ccc(CCCCCCCCCCCC)cc2)c2ccc(-c3ccc(N(c4ccc(/C=C(\C#N)C(=O)O)cc4)c4ccc(CCCCCCCCCCCC)cc4)cc3)cc2)cc1)C(=O)O. The molecule has 6 aromatic rings. The Kier molecular flexibility index (Phi) is 24.2. The highest BCUT2D eigenvalue weighted by atomic mass is 16.4. The molecule has 6 aromatic carbocycles. The minimum atomic E-state index is -1.26. The van der Waals surface area contributed by atoms with E-state index < -0.39 is 11.9 Å². The molecule has 6 rings (SSSR count). The molecule has 0 bridgehead atoms. The van der Waals surface area contributed by atoms with Gasteiger partial charge in [0.05, 0.1) is 6.57 Å². The lowest BCUT2D eigenvalue weighted by molar-refractivity contribution is -0.133. The van der Waals surface area contributed by atoms with E-state index in [2.05, 4.69) is 126 Å². The van der Waals surface area contributed by atoms with Crippen molar-refractivity contribution in [2.45, 2.75) is 155 Å². The van der Waals surface area contributed by atoms with E-state index in [-0.39, 0.29) is 11.3 Å². The molecule has 8 heteroatoms. The number of nitrogens with zero attached hydrogens (tertiary/aromatic N) is 4. The maximum Gasteiger partial charge on any atom is 0.346 e. The van der Waals surface area contributed by atoms with E-state index >= 15 is 0 Å². The van der Waals surface area contributed by atoms with Gasteiger partial charge in [0.2, 0.25) is 0 Å². The summed E-state index contributed by atoms with van der Waals surface area (Å²) in [5, 5.41) is 28.3. The molecule has 0 unspecified atom stereocenters. The van der Waals surface area contributed by atoms with Gasteiger partial charge in [0.15, 0.2) is 0 Å². The lowest BCUT2D eigenvalue weighted by Gasteiger charge is -2.26. The molecule has 0 aliphatic heterocycles. The van der Waals surface area contributed by atoms with E-state index in [4.69, 9.17) is 6.57 Å². The highest BCUT2D eigenvalue weighted by molar-refractivity contribution is 5.96. The Balaban J connectivity index is 1.19. The van der Waals surface area contributed by atoms with Crippen LogP contribution in [0.2, 0.25) is 0 Å². The number of hydrogen-bond donors (Lipinski definition) is 2. The Morgan fingerprint density at radius 2 is 0.724 bits per heavy atom.